The van der Waals surface area contributed by atoms with E-state index in [9.17, 15) is 4.79 Å². The van der Waals surface area contributed by atoms with Crippen LogP contribution in [-0.4, -0.2) is 10.9 Å². The summed E-state index contributed by atoms with van der Waals surface area (Å²) in [6.07, 6.45) is 3.96. The number of nitrogens with zero attached hydrogens (tertiary/aromatic N) is 1. The molecule has 3 nitrogen and oxygen atoms in total. The summed E-state index contributed by atoms with van der Waals surface area (Å²) in [6, 6.07) is 3.84. The Labute approximate surface area is 129 Å². The summed E-state index contributed by atoms with van der Waals surface area (Å²) >= 11 is 3.35. The number of hydrogen-bond donors (Lipinski definition) is 1. The fourth-order valence-corrected chi connectivity index (χ4v) is 2.88. The van der Waals surface area contributed by atoms with Gasteiger partial charge >= 0.3 is 0 Å². The van der Waals surface area contributed by atoms with Crippen LogP contribution in [0, 0.1) is 17.3 Å². The molecular formula is C16H21BrN2O. The van der Waals surface area contributed by atoms with E-state index in [0.29, 0.717) is 12.5 Å². The minimum Gasteiger partial charge on any atom is -0.350 e. The second-order valence-corrected chi connectivity index (χ2v) is 7.17. The van der Waals surface area contributed by atoms with Crippen molar-refractivity contribution in [3.8, 4) is 0 Å². The Morgan fingerprint density at radius 3 is 2.70 bits per heavy atom. The Hall–Kier alpha value is -1.16. The first kappa shape index (κ1) is 15.2. The number of allylic oxidation sites excluding steroid dienone is 2. The van der Waals surface area contributed by atoms with Crippen molar-refractivity contribution >= 4 is 21.8 Å². The number of carbonyl (C=O) groups is 1. The van der Waals surface area contributed by atoms with E-state index in [1.54, 1.807) is 6.20 Å². The number of halogens is 1. The summed E-state index contributed by atoms with van der Waals surface area (Å²) in [4.78, 5) is 16.5. The van der Waals surface area contributed by atoms with Crippen LogP contribution < -0.4 is 5.32 Å². The highest BCUT2D eigenvalue weighted by molar-refractivity contribution is 9.10. The van der Waals surface area contributed by atoms with Gasteiger partial charge in [0, 0.05) is 10.7 Å². The number of hydrogen-bond acceptors (Lipinski definition) is 2. The van der Waals surface area contributed by atoms with Gasteiger partial charge in [-0.05, 0) is 53.2 Å². The molecule has 2 atom stereocenters. The Morgan fingerprint density at radius 2 is 2.15 bits per heavy atom. The van der Waals surface area contributed by atoms with Gasteiger partial charge in [0.15, 0.2) is 0 Å². The van der Waals surface area contributed by atoms with Crippen LogP contribution in [-0.2, 0) is 11.3 Å². The molecule has 1 aromatic rings. The molecule has 20 heavy (non-hydrogen) atoms. The highest BCUT2D eigenvalue weighted by atomic mass is 79.9. The average molecular weight is 337 g/mol. The van der Waals surface area contributed by atoms with E-state index in [2.05, 4.69) is 60.0 Å². The third-order valence-electron chi connectivity index (χ3n) is 3.94. The van der Waals surface area contributed by atoms with E-state index in [0.717, 1.165) is 10.2 Å². The zero-order valence-electron chi connectivity index (χ0n) is 12.4. The van der Waals surface area contributed by atoms with Crippen molar-refractivity contribution in [2.24, 2.45) is 17.3 Å². The fraction of sp³-hybridized carbons (Fsp3) is 0.500. The zero-order valence-corrected chi connectivity index (χ0v) is 14.0. The molecule has 1 amide bonds. The highest BCUT2D eigenvalue weighted by Gasteiger charge is 2.60. The van der Waals surface area contributed by atoms with Crippen molar-refractivity contribution in [2.45, 2.75) is 34.2 Å². The molecule has 1 aromatic heterocycles. The summed E-state index contributed by atoms with van der Waals surface area (Å²) in [5.74, 6) is 0.556. The van der Waals surface area contributed by atoms with Crippen LogP contribution in [0.5, 0.6) is 0 Å². The minimum absolute atomic E-state index is 0.0640. The van der Waals surface area contributed by atoms with Gasteiger partial charge in [-0.3, -0.25) is 9.78 Å². The van der Waals surface area contributed by atoms with E-state index in [1.165, 1.54) is 5.57 Å². The lowest BCUT2D eigenvalue weighted by Crippen LogP contribution is -2.26. The molecule has 0 aromatic carbocycles. The normalized spacial score (nSPS) is 23.1. The first-order valence-corrected chi connectivity index (χ1v) is 7.65. The van der Waals surface area contributed by atoms with Gasteiger partial charge in [-0.25, -0.2) is 0 Å². The summed E-state index contributed by atoms with van der Waals surface area (Å²) in [7, 11) is 0. The third-order valence-corrected chi connectivity index (χ3v) is 4.41. The number of rotatable bonds is 4. The van der Waals surface area contributed by atoms with Gasteiger partial charge in [0.05, 0.1) is 18.2 Å². The van der Waals surface area contributed by atoms with E-state index in [1.807, 2.05) is 12.1 Å². The lowest BCUT2D eigenvalue weighted by molar-refractivity contribution is -0.123. The molecule has 1 saturated carbocycles. The number of aromatic nitrogens is 1. The van der Waals surface area contributed by atoms with Crippen LogP contribution in [0.25, 0.3) is 0 Å². The molecule has 1 aliphatic carbocycles. The molecule has 0 bridgehead atoms. The molecule has 0 radical (unpaired) electrons. The molecule has 0 spiro atoms. The number of carbonyl (C=O) groups excluding carboxylic acids is 1. The Bertz CT molecular complexity index is 530. The Balaban J connectivity index is 1.93. The van der Waals surface area contributed by atoms with E-state index >= 15 is 0 Å². The molecular weight excluding hydrogens is 316 g/mol. The van der Waals surface area contributed by atoms with Crippen molar-refractivity contribution in [2.75, 3.05) is 0 Å². The van der Waals surface area contributed by atoms with Crippen molar-refractivity contribution < 1.29 is 4.79 Å². The average Bonchev–Trinajstić information content (AvgIpc) is 2.89. The fourth-order valence-electron chi connectivity index (χ4n) is 2.65. The lowest BCUT2D eigenvalue weighted by atomic mass is 10.1. The van der Waals surface area contributed by atoms with Gasteiger partial charge < -0.3 is 5.32 Å². The first-order chi connectivity index (χ1) is 9.32. The molecule has 4 heteroatoms. The lowest BCUT2D eigenvalue weighted by Gasteiger charge is -2.05. The highest BCUT2D eigenvalue weighted by Crippen LogP contribution is 2.59. The molecule has 0 saturated heterocycles. The quantitative estimate of drug-likeness (QED) is 0.852. The smallest absolute Gasteiger partial charge is 0.224 e. The number of amides is 1. The molecule has 1 aliphatic rings. The minimum atomic E-state index is 0.0640. The summed E-state index contributed by atoms with van der Waals surface area (Å²) in [6.45, 7) is 8.95. The molecule has 1 fully saturated rings. The maximum absolute atomic E-state index is 12.3. The zero-order chi connectivity index (χ0) is 14.9. The summed E-state index contributed by atoms with van der Waals surface area (Å²) < 4.78 is 0.944. The standard InChI is InChI=1S/C16H21BrN2O/c1-10(2)7-13-14(16(13,3)4)15(20)19-9-12-6-5-11(17)8-18-12/h5-8,13-14H,9H2,1-4H3,(H,19,20). The summed E-state index contributed by atoms with van der Waals surface area (Å²) in [5.41, 5.74) is 2.21. The summed E-state index contributed by atoms with van der Waals surface area (Å²) in [5, 5.41) is 2.99. The van der Waals surface area contributed by atoms with Crippen LogP contribution in [0.2, 0.25) is 0 Å². The van der Waals surface area contributed by atoms with Gasteiger partial charge in [-0.1, -0.05) is 25.5 Å². The maximum Gasteiger partial charge on any atom is 0.224 e. The van der Waals surface area contributed by atoms with Gasteiger partial charge in [0.1, 0.15) is 0 Å². The first-order valence-electron chi connectivity index (χ1n) is 6.85. The van der Waals surface area contributed by atoms with Gasteiger partial charge in [-0.15, -0.1) is 0 Å². The maximum atomic E-state index is 12.3. The topological polar surface area (TPSA) is 42.0 Å². The van der Waals surface area contributed by atoms with Crippen LogP contribution >= 0.6 is 15.9 Å². The number of pyridine rings is 1. The van der Waals surface area contributed by atoms with E-state index in [4.69, 9.17) is 0 Å². The van der Waals surface area contributed by atoms with Crippen molar-refractivity contribution in [1.82, 2.24) is 10.3 Å². The van der Waals surface area contributed by atoms with Gasteiger partial charge in [0.25, 0.3) is 0 Å². The molecule has 1 heterocycles. The van der Waals surface area contributed by atoms with Crippen LogP contribution in [0.15, 0.2) is 34.5 Å². The monoisotopic (exact) mass is 336 g/mol. The number of nitrogens with one attached hydrogen (secondary N) is 1. The molecule has 1 N–H and O–H groups in total. The predicted molar refractivity (Wildman–Crippen MR) is 84.0 cm³/mol. The third kappa shape index (κ3) is 3.29. The van der Waals surface area contributed by atoms with Crippen LogP contribution in [0.3, 0.4) is 0 Å². The van der Waals surface area contributed by atoms with E-state index < -0.39 is 0 Å². The van der Waals surface area contributed by atoms with Crippen LogP contribution in [0.4, 0.5) is 0 Å². The van der Waals surface area contributed by atoms with E-state index in [-0.39, 0.29) is 17.2 Å². The van der Waals surface area contributed by atoms with Gasteiger partial charge in [0.2, 0.25) is 5.91 Å². The predicted octanol–water partition coefficient (Wildman–Crippen LogP) is 3.70. The van der Waals surface area contributed by atoms with Gasteiger partial charge in [-0.2, -0.15) is 0 Å². The second-order valence-electron chi connectivity index (χ2n) is 6.25. The van der Waals surface area contributed by atoms with Crippen molar-refractivity contribution in [3.63, 3.8) is 0 Å². The van der Waals surface area contributed by atoms with Crippen molar-refractivity contribution in [3.05, 3.63) is 40.1 Å². The Kier molecular flexibility index (Phi) is 4.33. The Morgan fingerprint density at radius 1 is 1.45 bits per heavy atom. The second kappa shape index (κ2) is 5.68. The largest absolute Gasteiger partial charge is 0.350 e. The SMILES string of the molecule is CC(C)=CC1C(C(=O)NCc2ccc(Br)cn2)C1(C)C. The molecule has 2 unspecified atom stereocenters. The molecule has 108 valence electrons. The molecule has 0 aliphatic heterocycles. The van der Waals surface area contributed by atoms with Crippen LogP contribution in [0.1, 0.15) is 33.4 Å². The molecule has 2 rings (SSSR count). The van der Waals surface area contributed by atoms with Crippen molar-refractivity contribution in [1.29, 1.82) is 0 Å².